The quantitative estimate of drug-likeness (QED) is 0.255. The van der Waals surface area contributed by atoms with Crippen LogP contribution in [0.1, 0.15) is 55.3 Å². The van der Waals surface area contributed by atoms with Crippen LogP contribution in [0, 0.1) is 15.4 Å². The third-order valence-corrected chi connectivity index (χ3v) is 8.20. The van der Waals surface area contributed by atoms with Gasteiger partial charge in [-0.1, -0.05) is 12.8 Å². The van der Waals surface area contributed by atoms with E-state index in [4.69, 9.17) is 9.47 Å². The molecule has 0 radical (unpaired) electrons. The molecule has 3 N–H and O–H groups in total. The van der Waals surface area contributed by atoms with Gasteiger partial charge in [-0.2, -0.15) is 0 Å². The van der Waals surface area contributed by atoms with Crippen LogP contribution in [0.4, 0.5) is 0 Å². The number of carbonyl (C=O) groups excluding carboxylic acids is 3. The van der Waals surface area contributed by atoms with Gasteiger partial charge in [0.2, 0.25) is 11.8 Å². The second-order valence-corrected chi connectivity index (χ2v) is 11.2. The van der Waals surface area contributed by atoms with Crippen LogP contribution in [0.3, 0.4) is 0 Å². The number of carbonyl (C=O) groups is 3. The van der Waals surface area contributed by atoms with Gasteiger partial charge in [0.15, 0.2) is 11.5 Å². The number of aliphatic hydroxyl groups excluding tert-OH is 2. The van der Waals surface area contributed by atoms with Gasteiger partial charge in [-0.15, -0.1) is 0 Å². The van der Waals surface area contributed by atoms with Crippen molar-refractivity contribution in [1.82, 2.24) is 10.2 Å². The van der Waals surface area contributed by atoms with Gasteiger partial charge in [-0.05, 0) is 72.4 Å². The monoisotopic (exact) mass is 626 g/mol. The van der Waals surface area contributed by atoms with Crippen LogP contribution >= 0.6 is 22.6 Å². The Hall–Kier alpha value is -2.18. The van der Waals surface area contributed by atoms with Crippen LogP contribution in [-0.2, 0) is 9.59 Å². The summed E-state index contributed by atoms with van der Waals surface area (Å²) in [4.78, 5) is 39.8. The summed E-state index contributed by atoms with van der Waals surface area (Å²) in [5.74, 6) is 0.718. The highest BCUT2D eigenvalue weighted by Gasteiger charge is 2.44. The van der Waals surface area contributed by atoms with Gasteiger partial charge in [0.05, 0.1) is 23.3 Å². The molecule has 202 valence electrons. The molecule has 0 heterocycles. The topological polar surface area (TPSA) is 125 Å². The molecule has 0 bridgehead atoms. The number of nitrogens with one attached hydrogen (secondary N) is 1. The summed E-state index contributed by atoms with van der Waals surface area (Å²) in [6.45, 7) is 0.461. The van der Waals surface area contributed by atoms with Gasteiger partial charge in [-0.25, -0.2) is 0 Å². The molecule has 9 nitrogen and oxygen atoms in total. The molecule has 2 fully saturated rings. The summed E-state index contributed by atoms with van der Waals surface area (Å²) in [5, 5.41) is 23.4. The Morgan fingerprint density at radius 1 is 1.22 bits per heavy atom. The summed E-state index contributed by atoms with van der Waals surface area (Å²) in [5.41, 5.74) is 0.820. The van der Waals surface area contributed by atoms with Gasteiger partial charge >= 0.3 is 0 Å². The molecule has 4 rings (SSSR count). The van der Waals surface area contributed by atoms with Gasteiger partial charge < -0.3 is 29.9 Å². The maximum atomic E-state index is 13.7. The number of aliphatic hydroxyl groups is 2. The largest absolute Gasteiger partial charge is 0.493 e. The SMILES string of the molecule is COc1cc(C=O)cc(I)c1OC1C=C(C(=O)NCCO)CC(N(CC2CC2)C(=O)C2CCCC2)C1O. The molecule has 3 aliphatic rings. The lowest BCUT2D eigenvalue weighted by atomic mass is 9.87. The van der Waals surface area contributed by atoms with E-state index in [1.54, 1.807) is 23.1 Å². The fourth-order valence-electron chi connectivity index (χ4n) is 5.21. The molecule has 0 aromatic heterocycles. The molecular formula is C27H35IN2O7. The lowest BCUT2D eigenvalue weighted by molar-refractivity contribution is -0.143. The van der Waals surface area contributed by atoms with Crippen LogP contribution in [0.2, 0.25) is 0 Å². The Morgan fingerprint density at radius 3 is 2.57 bits per heavy atom. The molecular weight excluding hydrogens is 591 g/mol. The average molecular weight is 626 g/mol. The summed E-state index contributed by atoms with van der Waals surface area (Å²) < 4.78 is 12.3. The maximum absolute atomic E-state index is 13.7. The van der Waals surface area contributed by atoms with Gasteiger partial charge in [-0.3, -0.25) is 14.4 Å². The van der Waals surface area contributed by atoms with Crippen LogP contribution < -0.4 is 14.8 Å². The van der Waals surface area contributed by atoms with Crippen LogP contribution in [-0.4, -0.2) is 78.3 Å². The zero-order valence-electron chi connectivity index (χ0n) is 21.0. The van der Waals surface area contributed by atoms with E-state index in [0.29, 0.717) is 45.0 Å². The molecule has 2 saturated carbocycles. The number of hydrogen-bond donors (Lipinski definition) is 3. The van der Waals surface area contributed by atoms with Crippen LogP contribution in [0.5, 0.6) is 11.5 Å². The first-order chi connectivity index (χ1) is 17.9. The number of ether oxygens (including phenoxy) is 2. The minimum atomic E-state index is -1.08. The van der Waals surface area contributed by atoms with E-state index in [1.165, 1.54) is 7.11 Å². The van der Waals surface area contributed by atoms with E-state index in [0.717, 1.165) is 38.5 Å². The van der Waals surface area contributed by atoms with Crippen molar-refractivity contribution in [3.05, 3.63) is 32.9 Å². The Kier molecular flexibility index (Phi) is 9.46. The molecule has 3 aliphatic carbocycles. The number of hydrogen-bond acceptors (Lipinski definition) is 7. The molecule has 0 saturated heterocycles. The Labute approximate surface area is 230 Å². The van der Waals surface area contributed by atoms with Gasteiger partial charge in [0, 0.05) is 36.6 Å². The number of rotatable bonds is 11. The molecule has 3 atom stereocenters. The van der Waals surface area contributed by atoms with Crippen molar-refractivity contribution in [2.24, 2.45) is 11.8 Å². The minimum Gasteiger partial charge on any atom is -0.493 e. The van der Waals surface area contributed by atoms with Crippen molar-refractivity contribution < 1.29 is 34.1 Å². The zero-order valence-corrected chi connectivity index (χ0v) is 23.2. The lowest BCUT2D eigenvalue weighted by Gasteiger charge is -2.41. The second kappa shape index (κ2) is 12.6. The maximum Gasteiger partial charge on any atom is 0.247 e. The van der Waals surface area contributed by atoms with Crippen molar-refractivity contribution in [2.75, 3.05) is 26.8 Å². The van der Waals surface area contributed by atoms with Gasteiger partial charge in [0.1, 0.15) is 18.5 Å². The fourth-order valence-corrected chi connectivity index (χ4v) is 5.97. The van der Waals surface area contributed by atoms with E-state index < -0.39 is 18.2 Å². The van der Waals surface area contributed by atoms with Gasteiger partial charge in [0.25, 0.3) is 0 Å². The molecule has 2 amide bonds. The zero-order chi connectivity index (χ0) is 26.5. The van der Waals surface area contributed by atoms with E-state index in [9.17, 15) is 24.6 Å². The Balaban J connectivity index is 1.67. The predicted molar refractivity (Wildman–Crippen MR) is 144 cm³/mol. The Bertz CT molecular complexity index is 1040. The van der Waals surface area contributed by atoms with E-state index >= 15 is 0 Å². The second-order valence-electron chi connectivity index (χ2n) is 10.1. The van der Waals surface area contributed by atoms with Crippen molar-refractivity contribution in [2.45, 2.75) is 63.2 Å². The highest BCUT2D eigenvalue weighted by molar-refractivity contribution is 14.1. The first-order valence-corrected chi connectivity index (χ1v) is 14.0. The molecule has 10 heteroatoms. The number of amides is 2. The predicted octanol–water partition coefficient (Wildman–Crippen LogP) is 2.46. The highest BCUT2D eigenvalue weighted by Crippen LogP contribution is 2.39. The van der Waals surface area contributed by atoms with Crippen LogP contribution in [0.25, 0.3) is 0 Å². The molecule has 37 heavy (non-hydrogen) atoms. The summed E-state index contributed by atoms with van der Waals surface area (Å²) in [6.07, 6.45) is 6.34. The lowest BCUT2D eigenvalue weighted by Crippen LogP contribution is -2.56. The standard InChI is InChI=1S/C27H35IN2O7/c1-36-23-11-17(15-32)10-20(28)25(23)37-22-13-19(26(34)29-8-9-31)12-21(24(22)33)30(14-16-6-7-16)27(35)18-4-2-3-5-18/h10-11,13,15-16,18,21-22,24,31,33H,2-9,12,14H2,1H3,(H,29,34). The van der Waals surface area contributed by atoms with Crippen molar-refractivity contribution >= 4 is 40.7 Å². The van der Waals surface area contributed by atoms with E-state index in [1.807, 2.05) is 22.6 Å². The summed E-state index contributed by atoms with van der Waals surface area (Å²) >= 11 is 2.04. The van der Waals surface area contributed by atoms with E-state index in [2.05, 4.69) is 5.32 Å². The number of methoxy groups -OCH3 is 1. The number of benzene rings is 1. The smallest absolute Gasteiger partial charge is 0.247 e. The normalized spacial score (nSPS) is 23.8. The molecule has 3 unspecified atom stereocenters. The van der Waals surface area contributed by atoms with Crippen molar-refractivity contribution in [3.8, 4) is 11.5 Å². The molecule has 1 aromatic carbocycles. The first kappa shape index (κ1) is 27.8. The highest BCUT2D eigenvalue weighted by atomic mass is 127. The third-order valence-electron chi connectivity index (χ3n) is 7.40. The summed E-state index contributed by atoms with van der Waals surface area (Å²) in [6, 6.07) is 2.58. The first-order valence-electron chi connectivity index (χ1n) is 12.9. The Morgan fingerprint density at radius 2 is 1.95 bits per heavy atom. The minimum absolute atomic E-state index is 0.0479. The number of nitrogens with zero attached hydrogens (tertiary/aromatic N) is 1. The summed E-state index contributed by atoms with van der Waals surface area (Å²) in [7, 11) is 1.47. The third kappa shape index (κ3) is 6.64. The molecule has 0 spiro atoms. The van der Waals surface area contributed by atoms with E-state index in [-0.39, 0.29) is 37.3 Å². The van der Waals surface area contributed by atoms with Crippen LogP contribution in [0.15, 0.2) is 23.8 Å². The van der Waals surface area contributed by atoms with Crippen molar-refractivity contribution in [3.63, 3.8) is 0 Å². The average Bonchev–Trinajstić information content (AvgIpc) is 3.56. The molecule has 1 aromatic rings. The fraction of sp³-hybridized carbons (Fsp3) is 0.593. The molecule has 0 aliphatic heterocycles. The number of aldehydes is 1. The number of halogens is 1. The van der Waals surface area contributed by atoms with Crippen molar-refractivity contribution in [1.29, 1.82) is 0 Å².